The van der Waals surface area contributed by atoms with Crippen molar-refractivity contribution in [3.8, 4) is 22.9 Å². The Labute approximate surface area is 169 Å². The summed E-state index contributed by atoms with van der Waals surface area (Å²) in [5.41, 5.74) is 2.44. The number of methoxy groups -OCH3 is 1. The summed E-state index contributed by atoms with van der Waals surface area (Å²) in [6.45, 7) is 0. The second kappa shape index (κ2) is 8.70. The molecule has 138 valence electrons. The van der Waals surface area contributed by atoms with E-state index >= 15 is 0 Å². The lowest BCUT2D eigenvalue weighted by Crippen LogP contribution is -2.02. The lowest BCUT2D eigenvalue weighted by atomic mass is 9.93. The maximum atomic E-state index is 8.87. The summed E-state index contributed by atoms with van der Waals surface area (Å²) in [5, 5.41) is 15.1. The summed E-state index contributed by atoms with van der Waals surface area (Å²) in [6.07, 6.45) is 1.60. The zero-order valence-corrected chi connectivity index (χ0v) is 17.7. The molecule has 0 N–H and O–H groups in total. The van der Waals surface area contributed by atoms with Crippen LogP contribution in [-0.4, -0.2) is 13.3 Å². The van der Waals surface area contributed by atoms with E-state index in [1.54, 1.807) is 7.11 Å². The molecule has 0 amide bonds. The number of rotatable bonds is 6. The average molecular weight is 401 g/mol. The minimum atomic E-state index is 0.631. The van der Waals surface area contributed by atoms with Gasteiger partial charge in [0.15, 0.2) is 0 Å². The fraction of sp³-hybridized carbons (Fsp3) is 0.125. The zero-order chi connectivity index (χ0) is 19.3. The molecule has 0 aliphatic carbocycles. The molecule has 4 aromatic rings. The number of benzene rings is 4. The van der Waals surface area contributed by atoms with Gasteiger partial charge in [-0.2, -0.15) is 5.26 Å². The number of fused-ring (bicyclic) bond motifs is 2. The number of nitriles is 1. The minimum absolute atomic E-state index is 0.631. The van der Waals surface area contributed by atoms with E-state index in [0.717, 1.165) is 20.2 Å². The van der Waals surface area contributed by atoms with Crippen LogP contribution < -0.4 is 10.0 Å². The molecule has 0 aromatic heterocycles. The predicted octanol–water partition coefficient (Wildman–Crippen LogP) is 6.48. The van der Waals surface area contributed by atoms with E-state index in [-0.39, 0.29) is 0 Å². The lowest BCUT2D eigenvalue weighted by Gasteiger charge is -2.18. The normalized spacial score (nSPS) is 11.7. The Balaban J connectivity index is 1.99. The van der Waals surface area contributed by atoms with Crippen molar-refractivity contribution in [3.05, 3.63) is 72.8 Å². The van der Waals surface area contributed by atoms with Crippen molar-refractivity contribution < 1.29 is 4.74 Å². The smallest absolute Gasteiger partial charge is 0.127 e. The Morgan fingerprint density at radius 2 is 1.46 bits per heavy atom. The molecule has 0 aliphatic heterocycles. The van der Waals surface area contributed by atoms with Crippen LogP contribution in [0.1, 0.15) is 6.42 Å². The summed E-state index contributed by atoms with van der Waals surface area (Å²) in [7, 11) is 3.21. The third-order valence-electron chi connectivity index (χ3n) is 4.87. The van der Waals surface area contributed by atoms with Gasteiger partial charge < -0.3 is 4.74 Å². The monoisotopic (exact) mass is 401 g/mol. The molecule has 2 nitrogen and oxygen atoms in total. The Morgan fingerprint density at radius 3 is 2.14 bits per heavy atom. The quantitative estimate of drug-likeness (QED) is 0.274. The third-order valence-corrected chi connectivity index (χ3v) is 8.33. The summed E-state index contributed by atoms with van der Waals surface area (Å²) in [5.74, 6) is 0.904. The predicted molar refractivity (Wildman–Crippen MR) is 125 cm³/mol. The van der Waals surface area contributed by atoms with Gasteiger partial charge in [0.05, 0.1) is 13.2 Å². The van der Waals surface area contributed by atoms with Crippen LogP contribution in [0.2, 0.25) is 0 Å². The molecular formula is C24H21NOP2. The molecule has 0 saturated heterocycles. The van der Waals surface area contributed by atoms with Crippen molar-refractivity contribution in [2.75, 3.05) is 13.3 Å². The van der Waals surface area contributed by atoms with Gasteiger partial charge in [-0.15, -0.1) is 0 Å². The van der Waals surface area contributed by atoms with Gasteiger partial charge in [0.25, 0.3) is 0 Å². The van der Waals surface area contributed by atoms with Crippen LogP contribution in [0.25, 0.3) is 32.7 Å². The largest absolute Gasteiger partial charge is 0.496 e. The van der Waals surface area contributed by atoms with Gasteiger partial charge in [-0.3, -0.25) is 0 Å². The van der Waals surface area contributed by atoms with E-state index in [0.29, 0.717) is 14.7 Å². The van der Waals surface area contributed by atoms with Crippen molar-refractivity contribution >= 4 is 43.4 Å². The zero-order valence-electron chi connectivity index (χ0n) is 15.7. The van der Waals surface area contributed by atoms with E-state index in [1.807, 2.05) is 0 Å². The van der Waals surface area contributed by atoms with Crippen LogP contribution in [0.15, 0.2) is 72.8 Å². The second-order valence-corrected chi connectivity index (χ2v) is 9.99. The van der Waals surface area contributed by atoms with Crippen LogP contribution in [0.4, 0.5) is 0 Å². The second-order valence-electron chi connectivity index (χ2n) is 6.53. The molecule has 0 saturated carbocycles. The third kappa shape index (κ3) is 3.62. The number of nitrogens with zero attached hydrogens (tertiary/aromatic N) is 1. The van der Waals surface area contributed by atoms with E-state index in [4.69, 9.17) is 10.00 Å². The summed E-state index contributed by atoms with van der Waals surface area (Å²) < 4.78 is 5.82. The Hall–Kier alpha value is -2.45. The van der Waals surface area contributed by atoms with Gasteiger partial charge in [-0.25, -0.2) is 0 Å². The number of hydrogen-bond donors (Lipinski definition) is 0. The van der Waals surface area contributed by atoms with Crippen molar-refractivity contribution in [2.45, 2.75) is 6.42 Å². The molecule has 4 rings (SSSR count). The highest BCUT2D eigenvalue weighted by atomic mass is 32.0. The standard InChI is InChI=1S/C24H21NOP2/c1-26-21-13-11-17-7-2-4-9-19(17)23(21)24-20-10-5-3-8-18(20)12-14-22(24)28-27-16-6-15-25/h2-5,7-14,27-28H,6,16H2,1H3. The van der Waals surface area contributed by atoms with Gasteiger partial charge in [0.1, 0.15) is 5.75 Å². The van der Waals surface area contributed by atoms with Crippen LogP contribution in [0.5, 0.6) is 5.75 Å². The highest BCUT2D eigenvalue weighted by molar-refractivity contribution is 8.15. The van der Waals surface area contributed by atoms with Gasteiger partial charge in [-0.1, -0.05) is 83.3 Å². The van der Waals surface area contributed by atoms with E-state index in [2.05, 4.69) is 78.9 Å². The van der Waals surface area contributed by atoms with Gasteiger partial charge in [0, 0.05) is 17.5 Å². The molecule has 28 heavy (non-hydrogen) atoms. The Morgan fingerprint density at radius 1 is 0.821 bits per heavy atom. The Kier molecular flexibility index (Phi) is 5.87. The first-order valence-electron chi connectivity index (χ1n) is 9.27. The van der Waals surface area contributed by atoms with E-state index < -0.39 is 0 Å². The minimum Gasteiger partial charge on any atom is -0.496 e. The average Bonchev–Trinajstić information content (AvgIpc) is 2.76. The van der Waals surface area contributed by atoms with Crippen LogP contribution in [0, 0.1) is 11.3 Å². The fourth-order valence-electron chi connectivity index (χ4n) is 3.60. The molecule has 4 heteroatoms. The molecule has 0 bridgehead atoms. The maximum absolute atomic E-state index is 8.87. The van der Waals surface area contributed by atoms with Crippen molar-refractivity contribution in [1.82, 2.24) is 0 Å². The lowest BCUT2D eigenvalue weighted by molar-refractivity contribution is 0.417. The Bertz CT molecular complexity index is 1180. The molecule has 0 spiro atoms. The van der Waals surface area contributed by atoms with Gasteiger partial charge in [0.2, 0.25) is 0 Å². The van der Waals surface area contributed by atoms with Gasteiger partial charge >= 0.3 is 0 Å². The van der Waals surface area contributed by atoms with Crippen molar-refractivity contribution in [2.24, 2.45) is 0 Å². The highest BCUT2D eigenvalue weighted by Gasteiger charge is 2.17. The summed E-state index contributed by atoms with van der Waals surface area (Å²) in [6, 6.07) is 28.0. The van der Waals surface area contributed by atoms with E-state index in [9.17, 15) is 0 Å². The molecule has 4 aromatic carbocycles. The first-order chi connectivity index (χ1) is 13.8. The molecule has 0 aliphatic rings. The first-order valence-corrected chi connectivity index (χ1v) is 12.5. The molecular weight excluding hydrogens is 380 g/mol. The van der Waals surface area contributed by atoms with Crippen LogP contribution >= 0.6 is 16.5 Å². The molecule has 0 radical (unpaired) electrons. The number of hydrogen-bond acceptors (Lipinski definition) is 2. The van der Waals surface area contributed by atoms with Crippen molar-refractivity contribution in [3.63, 3.8) is 0 Å². The molecule has 2 unspecified atom stereocenters. The van der Waals surface area contributed by atoms with Gasteiger partial charge in [-0.05, 0) is 39.1 Å². The highest BCUT2D eigenvalue weighted by Crippen LogP contribution is 2.45. The molecule has 2 atom stereocenters. The molecule has 0 heterocycles. The first kappa shape index (κ1) is 18.9. The van der Waals surface area contributed by atoms with Crippen LogP contribution in [0.3, 0.4) is 0 Å². The SMILES string of the molecule is COc1ccc2ccccc2c1-c1c(PPCCC#N)ccc2ccccc12. The van der Waals surface area contributed by atoms with E-state index in [1.165, 1.54) is 38.0 Å². The maximum Gasteiger partial charge on any atom is 0.127 e. The van der Waals surface area contributed by atoms with Crippen LogP contribution in [-0.2, 0) is 0 Å². The topological polar surface area (TPSA) is 33.0 Å². The summed E-state index contributed by atoms with van der Waals surface area (Å²) >= 11 is 0. The fourth-order valence-corrected chi connectivity index (χ4v) is 6.65. The van der Waals surface area contributed by atoms with Crippen molar-refractivity contribution in [1.29, 1.82) is 5.26 Å². The molecule has 0 fully saturated rings. The summed E-state index contributed by atoms with van der Waals surface area (Å²) in [4.78, 5) is 0. The number of ether oxygens (including phenoxy) is 1.